The third kappa shape index (κ3) is 4.77. The van der Waals surface area contributed by atoms with E-state index in [4.69, 9.17) is 9.47 Å². The molecule has 0 heterocycles. The van der Waals surface area contributed by atoms with E-state index < -0.39 is 0 Å². The fourth-order valence-electron chi connectivity index (χ4n) is 1.97. The van der Waals surface area contributed by atoms with Crippen LogP contribution in [0.4, 0.5) is 4.39 Å². The smallest absolute Gasteiger partial charge is 0.257 e. The highest BCUT2D eigenvalue weighted by Gasteiger charge is 2.06. The van der Waals surface area contributed by atoms with Gasteiger partial charge in [0.15, 0.2) is 18.1 Å². The molecule has 0 saturated heterocycles. The Balaban J connectivity index is 1.74. The van der Waals surface area contributed by atoms with Crippen LogP contribution < -0.4 is 14.8 Å². The number of ether oxygens (including phenoxy) is 2. The predicted molar refractivity (Wildman–Crippen MR) is 81.6 cm³/mol. The monoisotopic (exact) mass is 303 g/mol. The van der Waals surface area contributed by atoms with Gasteiger partial charge in [-0.2, -0.15) is 0 Å². The number of carbonyl (C=O) groups excluding carboxylic acids is 1. The molecule has 2 aromatic rings. The minimum atomic E-state index is -0.275. The van der Waals surface area contributed by atoms with Crippen molar-refractivity contribution < 1.29 is 18.7 Å². The molecule has 0 bridgehead atoms. The van der Waals surface area contributed by atoms with Crippen molar-refractivity contribution in [3.8, 4) is 11.5 Å². The largest absolute Gasteiger partial charge is 0.493 e. The van der Waals surface area contributed by atoms with Crippen LogP contribution >= 0.6 is 0 Å². The first-order valence-electron chi connectivity index (χ1n) is 6.96. The van der Waals surface area contributed by atoms with E-state index in [1.165, 1.54) is 12.1 Å². The fraction of sp³-hybridized carbons (Fsp3) is 0.235. The van der Waals surface area contributed by atoms with Gasteiger partial charge in [-0.05, 0) is 36.2 Å². The van der Waals surface area contributed by atoms with Crippen LogP contribution in [-0.2, 0) is 11.2 Å². The number of halogens is 1. The first kappa shape index (κ1) is 15.8. The normalized spacial score (nSPS) is 10.1. The summed E-state index contributed by atoms with van der Waals surface area (Å²) in [6, 6.07) is 13.4. The van der Waals surface area contributed by atoms with Crippen molar-refractivity contribution >= 4 is 5.91 Å². The van der Waals surface area contributed by atoms with E-state index in [2.05, 4.69) is 5.32 Å². The SMILES string of the molecule is COc1ccccc1OCC(=O)NCCc1cccc(F)c1. The van der Waals surface area contributed by atoms with E-state index in [0.29, 0.717) is 24.5 Å². The number of hydrogen-bond acceptors (Lipinski definition) is 3. The Hall–Kier alpha value is -2.56. The molecule has 0 fully saturated rings. The molecule has 22 heavy (non-hydrogen) atoms. The first-order chi connectivity index (χ1) is 10.7. The maximum Gasteiger partial charge on any atom is 0.257 e. The molecule has 0 aliphatic heterocycles. The number of hydrogen-bond donors (Lipinski definition) is 1. The summed E-state index contributed by atoms with van der Waals surface area (Å²) in [5.74, 6) is 0.589. The second-order valence-corrected chi connectivity index (χ2v) is 4.67. The summed E-state index contributed by atoms with van der Waals surface area (Å²) >= 11 is 0. The Morgan fingerprint density at radius 2 is 1.91 bits per heavy atom. The van der Waals surface area contributed by atoms with Crippen molar-refractivity contribution in [1.29, 1.82) is 0 Å². The summed E-state index contributed by atoms with van der Waals surface area (Å²) < 4.78 is 23.6. The number of rotatable bonds is 7. The van der Waals surface area contributed by atoms with Gasteiger partial charge in [-0.3, -0.25) is 4.79 Å². The Morgan fingerprint density at radius 1 is 1.14 bits per heavy atom. The van der Waals surface area contributed by atoms with Crippen molar-refractivity contribution in [3.63, 3.8) is 0 Å². The quantitative estimate of drug-likeness (QED) is 0.855. The Labute approximate surface area is 128 Å². The number of benzene rings is 2. The van der Waals surface area contributed by atoms with E-state index in [1.54, 1.807) is 31.4 Å². The summed E-state index contributed by atoms with van der Waals surface area (Å²) in [7, 11) is 1.54. The zero-order valence-electron chi connectivity index (χ0n) is 12.3. The molecule has 1 N–H and O–H groups in total. The highest BCUT2D eigenvalue weighted by molar-refractivity contribution is 5.77. The van der Waals surface area contributed by atoms with Gasteiger partial charge in [0.25, 0.3) is 5.91 Å². The molecule has 0 aliphatic carbocycles. The molecule has 0 aromatic heterocycles. The average Bonchev–Trinajstić information content (AvgIpc) is 2.53. The molecule has 2 rings (SSSR count). The number of para-hydroxylation sites is 2. The number of methoxy groups -OCH3 is 1. The van der Waals surface area contributed by atoms with Crippen LogP contribution in [0.25, 0.3) is 0 Å². The molecular formula is C17H18FNO3. The lowest BCUT2D eigenvalue weighted by atomic mass is 10.1. The van der Waals surface area contributed by atoms with Crippen LogP contribution in [0.2, 0.25) is 0 Å². The third-order valence-corrected chi connectivity index (χ3v) is 3.05. The van der Waals surface area contributed by atoms with Crippen LogP contribution in [0.5, 0.6) is 11.5 Å². The van der Waals surface area contributed by atoms with Gasteiger partial charge in [0.2, 0.25) is 0 Å². The number of carbonyl (C=O) groups is 1. The maximum absolute atomic E-state index is 13.0. The molecule has 5 heteroatoms. The molecule has 116 valence electrons. The van der Waals surface area contributed by atoms with Gasteiger partial charge >= 0.3 is 0 Å². The lowest BCUT2D eigenvalue weighted by Crippen LogP contribution is -2.30. The van der Waals surface area contributed by atoms with E-state index in [1.807, 2.05) is 12.1 Å². The summed E-state index contributed by atoms with van der Waals surface area (Å²) in [6.45, 7) is 0.334. The summed E-state index contributed by atoms with van der Waals surface area (Å²) in [5.41, 5.74) is 0.839. The standard InChI is InChI=1S/C17H18FNO3/c1-21-15-7-2-3-8-16(15)22-12-17(20)19-10-9-13-5-4-6-14(18)11-13/h2-8,11H,9-10,12H2,1H3,(H,19,20). The molecule has 2 aromatic carbocycles. The summed E-state index contributed by atoms with van der Waals surface area (Å²) in [6.07, 6.45) is 0.568. The summed E-state index contributed by atoms with van der Waals surface area (Å²) in [5, 5.41) is 2.73. The van der Waals surface area contributed by atoms with Crippen LogP contribution in [-0.4, -0.2) is 26.2 Å². The van der Waals surface area contributed by atoms with Crippen molar-refractivity contribution in [1.82, 2.24) is 5.32 Å². The molecule has 0 unspecified atom stereocenters. The van der Waals surface area contributed by atoms with E-state index >= 15 is 0 Å². The van der Waals surface area contributed by atoms with Gasteiger partial charge in [0.05, 0.1) is 7.11 Å². The van der Waals surface area contributed by atoms with Crippen LogP contribution in [0.15, 0.2) is 48.5 Å². The van der Waals surface area contributed by atoms with Crippen LogP contribution in [0, 0.1) is 5.82 Å². The predicted octanol–water partition coefficient (Wildman–Crippen LogP) is 2.57. The van der Waals surface area contributed by atoms with Crippen LogP contribution in [0.3, 0.4) is 0 Å². The van der Waals surface area contributed by atoms with Gasteiger partial charge in [0, 0.05) is 6.54 Å². The lowest BCUT2D eigenvalue weighted by Gasteiger charge is -2.10. The number of nitrogens with one attached hydrogen (secondary N) is 1. The van der Waals surface area contributed by atoms with E-state index in [-0.39, 0.29) is 18.3 Å². The maximum atomic E-state index is 13.0. The second-order valence-electron chi connectivity index (χ2n) is 4.67. The minimum absolute atomic E-state index is 0.0937. The van der Waals surface area contributed by atoms with Crippen molar-refractivity contribution in [2.24, 2.45) is 0 Å². The molecule has 4 nitrogen and oxygen atoms in total. The average molecular weight is 303 g/mol. The van der Waals surface area contributed by atoms with Crippen molar-refractivity contribution in [2.75, 3.05) is 20.3 Å². The van der Waals surface area contributed by atoms with Crippen molar-refractivity contribution in [2.45, 2.75) is 6.42 Å². The highest BCUT2D eigenvalue weighted by atomic mass is 19.1. The van der Waals surface area contributed by atoms with E-state index in [9.17, 15) is 9.18 Å². The lowest BCUT2D eigenvalue weighted by molar-refractivity contribution is -0.123. The fourth-order valence-corrected chi connectivity index (χ4v) is 1.97. The van der Waals surface area contributed by atoms with Gasteiger partial charge in [-0.1, -0.05) is 24.3 Å². The Bertz CT molecular complexity index is 631. The Morgan fingerprint density at radius 3 is 2.64 bits per heavy atom. The zero-order valence-corrected chi connectivity index (χ0v) is 12.3. The second kappa shape index (κ2) is 8.02. The molecule has 1 amide bonds. The van der Waals surface area contributed by atoms with Gasteiger partial charge in [-0.25, -0.2) is 4.39 Å². The van der Waals surface area contributed by atoms with Crippen LogP contribution in [0.1, 0.15) is 5.56 Å². The number of amides is 1. The molecule has 0 aliphatic rings. The zero-order chi connectivity index (χ0) is 15.8. The van der Waals surface area contributed by atoms with E-state index in [0.717, 1.165) is 5.56 Å². The summed E-state index contributed by atoms with van der Waals surface area (Å²) in [4.78, 5) is 11.7. The molecule has 0 atom stereocenters. The molecule has 0 spiro atoms. The molecule has 0 radical (unpaired) electrons. The topological polar surface area (TPSA) is 47.6 Å². The van der Waals surface area contributed by atoms with Gasteiger partial charge in [0.1, 0.15) is 5.82 Å². The Kier molecular flexibility index (Phi) is 5.77. The van der Waals surface area contributed by atoms with Gasteiger partial charge < -0.3 is 14.8 Å². The highest BCUT2D eigenvalue weighted by Crippen LogP contribution is 2.25. The van der Waals surface area contributed by atoms with Crippen molar-refractivity contribution in [3.05, 3.63) is 59.9 Å². The van der Waals surface area contributed by atoms with Gasteiger partial charge in [-0.15, -0.1) is 0 Å². The first-order valence-corrected chi connectivity index (χ1v) is 6.96. The molecular weight excluding hydrogens is 285 g/mol. The minimum Gasteiger partial charge on any atom is -0.493 e. The third-order valence-electron chi connectivity index (χ3n) is 3.05. The molecule has 0 saturated carbocycles.